The van der Waals surface area contributed by atoms with Crippen LogP contribution in [0.15, 0.2) is 30.3 Å². The van der Waals surface area contributed by atoms with Crippen molar-refractivity contribution >= 4 is 22.7 Å². The van der Waals surface area contributed by atoms with Crippen LogP contribution in [0.2, 0.25) is 0 Å². The van der Waals surface area contributed by atoms with Crippen molar-refractivity contribution in [3.63, 3.8) is 0 Å². The zero-order chi connectivity index (χ0) is 30.7. The molecule has 8 nitrogen and oxygen atoms in total. The number of pyridine rings is 1. The van der Waals surface area contributed by atoms with Gasteiger partial charge in [-0.05, 0) is 63.8 Å². The maximum absolute atomic E-state index is 15.8. The molecule has 0 bridgehead atoms. The van der Waals surface area contributed by atoms with Crippen molar-refractivity contribution in [3.8, 4) is 11.3 Å². The van der Waals surface area contributed by atoms with Gasteiger partial charge in [0.1, 0.15) is 11.4 Å². The summed E-state index contributed by atoms with van der Waals surface area (Å²) >= 11 is 0. The van der Waals surface area contributed by atoms with E-state index in [1.165, 1.54) is 5.69 Å². The lowest BCUT2D eigenvalue weighted by Crippen LogP contribution is -2.50. The normalized spacial score (nSPS) is 16.8. The average Bonchev–Trinajstić information content (AvgIpc) is 3.29. The number of aryl methyl sites for hydroxylation is 2. The molecule has 3 aromatic rings. The van der Waals surface area contributed by atoms with Gasteiger partial charge in [0.05, 0.1) is 30.1 Å². The van der Waals surface area contributed by atoms with Crippen LogP contribution >= 0.6 is 0 Å². The van der Waals surface area contributed by atoms with Crippen LogP contribution in [0.4, 0.5) is 14.9 Å². The molecular weight excluding hydrogens is 545 g/mol. The van der Waals surface area contributed by atoms with E-state index >= 15 is 4.39 Å². The monoisotopic (exact) mass is 593 g/mol. The highest BCUT2D eigenvalue weighted by atomic mass is 19.1. The van der Waals surface area contributed by atoms with E-state index in [2.05, 4.69) is 42.5 Å². The number of carbonyl (C=O) groups excluding carboxylic acids is 1. The van der Waals surface area contributed by atoms with Crippen LogP contribution in [0, 0.1) is 11.7 Å². The summed E-state index contributed by atoms with van der Waals surface area (Å²) in [5, 5.41) is 1.06. The standard InChI is InChI=1S/C34H48FN5O3/c1-24(2)7-9-26-22-31-28(23-27(37(31)6)11-12-38-17-19-42-20-18-38)32(36-26)25-8-10-30(29(35)21-25)39-13-15-40(16-14-39)33(41)43-34(3,4)5/h8,10,21-24H,7,9,11-20H2,1-6H3. The summed E-state index contributed by atoms with van der Waals surface area (Å²) in [6.45, 7) is 16.7. The van der Waals surface area contributed by atoms with Gasteiger partial charge in [-0.25, -0.2) is 9.18 Å². The van der Waals surface area contributed by atoms with Crippen LogP contribution in [-0.2, 0) is 29.4 Å². The third-order valence-corrected chi connectivity index (χ3v) is 8.45. The lowest BCUT2D eigenvalue weighted by atomic mass is 10.0. The molecule has 4 heterocycles. The second-order valence-corrected chi connectivity index (χ2v) is 13.3. The third-order valence-electron chi connectivity index (χ3n) is 8.45. The van der Waals surface area contributed by atoms with E-state index in [-0.39, 0.29) is 11.9 Å². The first-order chi connectivity index (χ1) is 20.5. The SMILES string of the molecule is CC(C)CCc1cc2c(cc(CCN3CCOCC3)n2C)c(-c2ccc(N3CCN(C(=O)OC(C)(C)C)CC3)c(F)c2)n1. The summed E-state index contributed by atoms with van der Waals surface area (Å²) in [4.78, 5) is 23.8. The topological polar surface area (TPSA) is 63.1 Å². The first-order valence-electron chi connectivity index (χ1n) is 15.8. The lowest BCUT2D eigenvalue weighted by Gasteiger charge is -2.36. The van der Waals surface area contributed by atoms with E-state index in [1.54, 1.807) is 11.0 Å². The van der Waals surface area contributed by atoms with Crippen LogP contribution in [0.5, 0.6) is 0 Å². The maximum Gasteiger partial charge on any atom is 0.410 e. The summed E-state index contributed by atoms with van der Waals surface area (Å²) in [5.74, 6) is 0.306. The quantitative estimate of drug-likeness (QED) is 0.324. The Morgan fingerprint density at radius 1 is 1.02 bits per heavy atom. The van der Waals surface area contributed by atoms with Crippen molar-refractivity contribution in [2.45, 2.75) is 59.5 Å². The Labute approximate surface area is 255 Å². The van der Waals surface area contributed by atoms with Crippen molar-refractivity contribution in [1.82, 2.24) is 19.4 Å². The molecule has 2 aliphatic rings. The van der Waals surface area contributed by atoms with Crippen molar-refractivity contribution in [1.29, 1.82) is 0 Å². The molecule has 1 aromatic carbocycles. The highest BCUT2D eigenvalue weighted by Gasteiger charge is 2.27. The van der Waals surface area contributed by atoms with Gasteiger partial charge in [-0.3, -0.25) is 9.88 Å². The molecule has 2 aliphatic heterocycles. The summed E-state index contributed by atoms with van der Waals surface area (Å²) in [7, 11) is 2.13. The molecule has 2 aromatic heterocycles. The number of nitrogens with zero attached hydrogens (tertiary/aromatic N) is 5. The fourth-order valence-corrected chi connectivity index (χ4v) is 5.92. The Kier molecular flexibility index (Phi) is 9.61. The predicted octanol–water partition coefficient (Wildman–Crippen LogP) is 5.90. The number of aromatic nitrogens is 2. The molecule has 0 unspecified atom stereocenters. The summed E-state index contributed by atoms with van der Waals surface area (Å²) in [5.41, 5.74) is 5.08. The number of fused-ring (bicyclic) bond motifs is 1. The molecule has 5 rings (SSSR count). The predicted molar refractivity (Wildman–Crippen MR) is 170 cm³/mol. The Balaban J connectivity index is 1.39. The molecule has 234 valence electrons. The van der Waals surface area contributed by atoms with Crippen LogP contribution in [-0.4, -0.2) is 90.1 Å². The van der Waals surface area contributed by atoms with Gasteiger partial charge in [0.25, 0.3) is 0 Å². The first-order valence-corrected chi connectivity index (χ1v) is 15.8. The molecular formula is C34H48FN5O3. The summed E-state index contributed by atoms with van der Waals surface area (Å²) in [6, 6.07) is 9.95. The number of hydrogen-bond donors (Lipinski definition) is 0. The van der Waals surface area contributed by atoms with Crippen LogP contribution in [0.25, 0.3) is 22.2 Å². The van der Waals surface area contributed by atoms with Gasteiger partial charge >= 0.3 is 6.09 Å². The summed E-state index contributed by atoms with van der Waals surface area (Å²) in [6.07, 6.45) is 2.56. The largest absolute Gasteiger partial charge is 0.444 e. The Morgan fingerprint density at radius 3 is 2.40 bits per heavy atom. The van der Waals surface area contributed by atoms with Crippen molar-refractivity contribution in [2.75, 3.05) is 63.9 Å². The van der Waals surface area contributed by atoms with Gasteiger partial charge in [0.15, 0.2) is 0 Å². The molecule has 0 saturated carbocycles. The molecule has 2 saturated heterocycles. The molecule has 0 radical (unpaired) electrons. The highest BCUT2D eigenvalue weighted by Crippen LogP contribution is 2.33. The number of amides is 1. The van der Waals surface area contributed by atoms with Crippen LogP contribution in [0.3, 0.4) is 0 Å². The number of carbonyl (C=O) groups is 1. The molecule has 0 N–H and O–H groups in total. The minimum Gasteiger partial charge on any atom is -0.444 e. The fourth-order valence-electron chi connectivity index (χ4n) is 5.92. The van der Waals surface area contributed by atoms with Gasteiger partial charge in [0.2, 0.25) is 0 Å². The smallest absolute Gasteiger partial charge is 0.410 e. The number of hydrogen-bond acceptors (Lipinski definition) is 6. The van der Waals surface area contributed by atoms with E-state index in [0.29, 0.717) is 37.8 Å². The first kappa shape index (κ1) is 31.3. The number of ether oxygens (including phenoxy) is 2. The average molecular weight is 594 g/mol. The zero-order valence-electron chi connectivity index (χ0n) is 26.8. The highest BCUT2D eigenvalue weighted by molar-refractivity contribution is 5.94. The maximum atomic E-state index is 15.8. The minimum atomic E-state index is -0.538. The number of morpholine rings is 1. The van der Waals surface area contributed by atoms with E-state index in [0.717, 1.165) is 80.0 Å². The third kappa shape index (κ3) is 7.68. The van der Waals surface area contributed by atoms with Gasteiger partial charge in [-0.15, -0.1) is 0 Å². The Hall–Kier alpha value is -3.17. The number of piperazine rings is 1. The second kappa shape index (κ2) is 13.2. The molecule has 0 spiro atoms. The number of halogens is 1. The van der Waals surface area contributed by atoms with Crippen molar-refractivity contribution < 1.29 is 18.7 Å². The van der Waals surface area contributed by atoms with Crippen LogP contribution < -0.4 is 4.90 Å². The van der Waals surface area contributed by atoms with Gasteiger partial charge < -0.3 is 23.8 Å². The van der Waals surface area contributed by atoms with Gasteiger partial charge in [-0.1, -0.05) is 19.9 Å². The molecule has 43 heavy (non-hydrogen) atoms. The molecule has 2 fully saturated rings. The Bertz CT molecular complexity index is 1420. The fraction of sp³-hybridized carbons (Fsp3) is 0.588. The number of benzene rings is 1. The molecule has 1 amide bonds. The molecule has 0 atom stereocenters. The minimum absolute atomic E-state index is 0.269. The molecule has 0 aliphatic carbocycles. The number of rotatable bonds is 8. The van der Waals surface area contributed by atoms with Crippen molar-refractivity contribution in [2.24, 2.45) is 13.0 Å². The van der Waals surface area contributed by atoms with Crippen LogP contribution in [0.1, 0.15) is 52.4 Å². The lowest BCUT2D eigenvalue weighted by molar-refractivity contribution is 0.0240. The Morgan fingerprint density at radius 2 is 1.74 bits per heavy atom. The van der Waals surface area contributed by atoms with Gasteiger partial charge in [-0.2, -0.15) is 0 Å². The van der Waals surface area contributed by atoms with E-state index in [1.807, 2.05) is 37.8 Å². The van der Waals surface area contributed by atoms with E-state index in [9.17, 15) is 4.79 Å². The van der Waals surface area contributed by atoms with Gasteiger partial charge in [0, 0.05) is 81.6 Å². The van der Waals surface area contributed by atoms with E-state index in [4.69, 9.17) is 14.5 Å². The van der Waals surface area contributed by atoms with Crippen molar-refractivity contribution in [3.05, 3.63) is 47.5 Å². The second-order valence-electron chi connectivity index (χ2n) is 13.3. The molecule has 9 heteroatoms. The number of anilines is 1. The van der Waals surface area contributed by atoms with E-state index < -0.39 is 5.60 Å². The zero-order valence-corrected chi connectivity index (χ0v) is 26.8. The summed E-state index contributed by atoms with van der Waals surface area (Å²) < 4.78 is 29.1.